The Hall–Kier alpha value is -2.45. The van der Waals surface area contributed by atoms with Crippen LogP contribution in [-0.4, -0.2) is 57.7 Å². The molecule has 1 saturated heterocycles. The number of hydrogen-bond donors (Lipinski definition) is 3. The number of carboxylic acid groups (broad SMARTS) is 2. The molecule has 4 N–H and O–H groups in total. The first kappa shape index (κ1) is 18.9. The van der Waals surface area contributed by atoms with Crippen LogP contribution >= 0.6 is 0 Å². The number of ether oxygens (including phenoxy) is 1. The number of carbonyl (C=O) groups excluding carboxylic acids is 1. The van der Waals surface area contributed by atoms with Gasteiger partial charge in [-0.2, -0.15) is 0 Å². The van der Waals surface area contributed by atoms with Crippen LogP contribution in [0.2, 0.25) is 0 Å². The summed E-state index contributed by atoms with van der Waals surface area (Å²) in [5.41, 5.74) is 6.35. The van der Waals surface area contributed by atoms with Crippen LogP contribution < -0.4 is 5.73 Å². The van der Waals surface area contributed by atoms with Crippen molar-refractivity contribution in [3.05, 3.63) is 35.9 Å². The summed E-state index contributed by atoms with van der Waals surface area (Å²) in [7, 11) is 0. The van der Waals surface area contributed by atoms with E-state index in [1.807, 2.05) is 30.3 Å². The highest BCUT2D eigenvalue weighted by atomic mass is 16.5. The van der Waals surface area contributed by atoms with Crippen molar-refractivity contribution >= 4 is 17.8 Å². The molecule has 8 nitrogen and oxygen atoms in total. The van der Waals surface area contributed by atoms with E-state index >= 15 is 0 Å². The van der Waals surface area contributed by atoms with E-state index in [4.69, 9.17) is 15.6 Å². The van der Waals surface area contributed by atoms with Gasteiger partial charge in [-0.15, -0.1) is 0 Å². The minimum Gasteiger partial charge on any atom is -0.480 e. The summed E-state index contributed by atoms with van der Waals surface area (Å²) in [6.07, 6.45) is -0.313. The predicted molar refractivity (Wildman–Crippen MR) is 87.6 cm³/mol. The standard InChI is InChI=1S/C17H22N2O6/c18-13(16(21)22)6-7-15(20)19-9-12(8-14(19)17(23)24)25-10-11-4-2-1-3-5-11/h1-5,12-14H,6-10,18H2,(H,21,22)(H,23,24)/t12-,13-,14-/m0/s1. The van der Waals surface area contributed by atoms with Gasteiger partial charge in [-0.25, -0.2) is 4.79 Å². The lowest BCUT2D eigenvalue weighted by Crippen LogP contribution is -2.41. The smallest absolute Gasteiger partial charge is 0.326 e. The number of hydrogen-bond acceptors (Lipinski definition) is 5. The second-order valence-corrected chi connectivity index (χ2v) is 6.04. The SMILES string of the molecule is N[C@@H](CCC(=O)N1C[C@@H](OCc2ccccc2)C[C@H]1C(=O)O)C(=O)O. The lowest BCUT2D eigenvalue weighted by atomic mass is 10.1. The molecule has 0 bridgehead atoms. The summed E-state index contributed by atoms with van der Waals surface area (Å²) in [5.74, 6) is -2.70. The fourth-order valence-corrected chi connectivity index (χ4v) is 2.76. The molecule has 1 aromatic rings. The van der Waals surface area contributed by atoms with Crippen LogP contribution in [0, 0.1) is 0 Å². The molecule has 0 radical (unpaired) electrons. The van der Waals surface area contributed by atoms with Gasteiger partial charge in [0.2, 0.25) is 5.91 Å². The number of benzene rings is 1. The number of carbonyl (C=O) groups is 3. The van der Waals surface area contributed by atoms with Crippen molar-refractivity contribution in [3.8, 4) is 0 Å². The Bertz CT molecular complexity index is 621. The summed E-state index contributed by atoms with van der Waals surface area (Å²) < 4.78 is 5.74. The highest BCUT2D eigenvalue weighted by Gasteiger charge is 2.40. The van der Waals surface area contributed by atoms with Gasteiger partial charge >= 0.3 is 11.9 Å². The molecule has 0 spiro atoms. The Morgan fingerprint density at radius 2 is 1.92 bits per heavy atom. The molecule has 25 heavy (non-hydrogen) atoms. The van der Waals surface area contributed by atoms with E-state index in [1.165, 1.54) is 4.90 Å². The van der Waals surface area contributed by atoms with E-state index in [9.17, 15) is 19.5 Å². The normalized spacial score (nSPS) is 21.1. The highest BCUT2D eigenvalue weighted by Crippen LogP contribution is 2.23. The van der Waals surface area contributed by atoms with Crippen LogP contribution in [0.25, 0.3) is 0 Å². The maximum Gasteiger partial charge on any atom is 0.326 e. The van der Waals surface area contributed by atoms with Crippen LogP contribution in [-0.2, 0) is 25.7 Å². The van der Waals surface area contributed by atoms with Crippen molar-refractivity contribution in [3.63, 3.8) is 0 Å². The third kappa shape index (κ3) is 5.27. The Labute approximate surface area is 145 Å². The molecule has 3 atom stereocenters. The molecule has 1 aromatic carbocycles. The third-order valence-electron chi connectivity index (χ3n) is 4.18. The predicted octanol–water partition coefficient (Wildman–Crippen LogP) is 0.449. The van der Waals surface area contributed by atoms with Crippen LogP contribution in [0.5, 0.6) is 0 Å². The number of nitrogens with two attached hydrogens (primary N) is 1. The lowest BCUT2D eigenvalue weighted by Gasteiger charge is -2.21. The lowest BCUT2D eigenvalue weighted by molar-refractivity contribution is -0.148. The summed E-state index contributed by atoms with van der Waals surface area (Å²) in [6.45, 7) is 0.509. The zero-order valence-corrected chi connectivity index (χ0v) is 13.7. The molecule has 1 aliphatic rings. The fourth-order valence-electron chi connectivity index (χ4n) is 2.76. The number of amides is 1. The third-order valence-corrected chi connectivity index (χ3v) is 4.18. The molecule has 8 heteroatoms. The van der Waals surface area contributed by atoms with E-state index < -0.39 is 29.9 Å². The molecule has 0 aromatic heterocycles. The second kappa shape index (κ2) is 8.59. The monoisotopic (exact) mass is 350 g/mol. The van der Waals surface area contributed by atoms with E-state index in [0.717, 1.165) is 5.56 Å². The fraction of sp³-hybridized carbons (Fsp3) is 0.471. The quantitative estimate of drug-likeness (QED) is 0.620. The number of carboxylic acids is 2. The van der Waals surface area contributed by atoms with Crippen molar-refractivity contribution in [1.82, 2.24) is 4.90 Å². The minimum atomic E-state index is -1.19. The molecule has 136 valence electrons. The van der Waals surface area contributed by atoms with Gasteiger partial charge in [0, 0.05) is 19.4 Å². The Morgan fingerprint density at radius 1 is 1.24 bits per heavy atom. The van der Waals surface area contributed by atoms with Crippen molar-refractivity contribution in [1.29, 1.82) is 0 Å². The molecule has 1 aliphatic heterocycles. The van der Waals surface area contributed by atoms with Gasteiger partial charge in [0.15, 0.2) is 0 Å². The van der Waals surface area contributed by atoms with Crippen molar-refractivity contribution in [2.75, 3.05) is 6.54 Å². The average Bonchev–Trinajstić information content (AvgIpc) is 3.03. The molecule has 1 fully saturated rings. The number of likely N-dealkylation sites (tertiary alicyclic amines) is 1. The highest BCUT2D eigenvalue weighted by molar-refractivity contribution is 5.85. The number of rotatable bonds is 8. The summed E-state index contributed by atoms with van der Waals surface area (Å²) in [5, 5.41) is 18.1. The van der Waals surface area contributed by atoms with E-state index in [1.54, 1.807) is 0 Å². The Kier molecular flexibility index (Phi) is 6.49. The van der Waals surface area contributed by atoms with E-state index in [0.29, 0.717) is 6.61 Å². The molecule has 0 aliphatic carbocycles. The zero-order valence-electron chi connectivity index (χ0n) is 13.7. The van der Waals surface area contributed by atoms with E-state index in [2.05, 4.69) is 0 Å². The van der Waals surface area contributed by atoms with Crippen molar-refractivity contribution in [2.24, 2.45) is 5.73 Å². The van der Waals surface area contributed by atoms with Crippen LogP contribution in [0.4, 0.5) is 0 Å². The largest absolute Gasteiger partial charge is 0.480 e. The van der Waals surface area contributed by atoms with Gasteiger partial charge in [-0.3, -0.25) is 9.59 Å². The van der Waals surface area contributed by atoms with Gasteiger partial charge in [0.1, 0.15) is 12.1 Å². The van der Waals surface area contributed by atoms with Gasteiger partial charge in [0.05, 0.1) is 12.7 Å². The van der Waals surface area contributed by atoms with Crippen molar-refractivity contribution < 1.29 is 29.3 Å². The summed E-state index contributed by atoms with van der Waals surface area (Å²) in [6, 6.07) is 7.36. The van der Waals surface area contributed by atoms with Crippen molar-refractivity contribution in [2.45, 2.75) is 44.1 Å². The zero-order chi connectivity index (χ0) is 18.4. The number of nitrogens with zero attached hydrogens (tertiary/aromatic N) is 1. The molecular weight excluding hydrogens is 328 g/mol. The minimum absolute atomic E-state index is 0.0352. The first-order valence-corrected chi connectivity index (χ1v) is 8.04. The average molecular weight is 350 g/mol. The van der Waals surface area contributed by atoms with Gasteiger partial charge in [-0.05, 0) is 12.0 Å². The topological polar surface area (TPSA) is 130 Å². The molecule has 0 unspecified atom stereocenters. The van der Waals surface area contributed by atoms with Gasteiger partial charge in [-0.1, -0.05) is 30.3 Å². The van der Waals surface area contributed by atoms with Gasteiger partial charge in [0.25, 0.3) is 0 Å². The maximum absolute atomic E-state index is 12.3. The molecular formula is C17H22N2O6. The molecule has 1 heterocycles. The number of aliphatic carboxylic acids is 2. The molecule has 0 saturated carbocycles. The van der Waals surface area contributed by atoms with Crippen LogP contribution in [0.3, 0.4) is 0 Å². The van der Waals surface area contributed by atoms with Crippen LogP contribution in [0.15, 0.2) is 30.3 Å². The Morgan fingerprint density at radius 3 is 2.52 bits per heavy atom. The van der Waals surface area contributed by atoms with E-state index in [-0.39, 0.29) is 31.9 Å². The van der Waals surface area contributed by atoms with Gasteiger partial charge < -0.3 is 25.6 Å². The molecule has 1 amide bonds. The molecule has 2 rings (SSSR count). The first-order chi connectivity index (χ1) is 11.9. The second-order valence-electron chi connectivity index (χ2n) is 6.04. The summed E-state index contributed by atoms with van der Waals surface area (Å²) in [4.78, 5) is 35.6. The summed E-state index contributed by atoms with van der Waals surface area (Å²) >= 11 is 0. The first-order valence-electron chi connectivity index (χ1n) is 8.04. The van der Waals surface area contributed by atoms with Crippen LogP contribution in [0.1, 0.15) is 24.8 Å². The maximum atomic E-state index is 12.3. The Balaban J connectivity index is 1.91.